The minimum Gasteiger partial charge on any atom is -0.436 e. The second-order valence-electron chi connectivity index (χ2n) is 4.06. The molecule has 5 heteroatoms. The summed E-state index contributed by atoms with van der Waals surface area (Å²) in [5.74, 6) is 0.600. The molecule has 4 nitrogen and oxygen atoms in total. The molecule has 0 aliphatic rings. The zero-order chi connectivity index (χ0) is 13.2. The van der Waals surface area contributed by atoms with Crippen LogP contribution in [0.3, 0.4) is 0 Å². The molecule has 3 N–H and O–H groups in total. The lowest BCUT2D eigenvalue weighted by atomic mass is 10.2. The SMILES string of the molecule is NC(=S)Nc1ccc2nc(-c3ccccc3)oc2c1. The standard InChI is InChI=1S/C14H11N3OS/c15-14(19)16-10-6-7-11-12(8-10)18-13(17-11)9-4-2-1-3-5-9/h1-8H,(H3,15,16,19). The summed E-state index contributed by atoms with van der Waals surface area (Å²) in [6.45, 7) is 0. The Labute approximate surface area is 115 Å². The Morgan fingerprint density at radius 1 is 1.16 bits per heavy atom. The van der Waals surface area contributed by atoms with Gasteiger partial charge in [0, 0.05) is 17.3 Å². The number of fused-ring (bicyclic) bond motifs is 1. The fraction of sp³-hybridized carbons (Fsp3) is 0. The van der Waals surface area contributed by atoms with E-state index in [1.54, 1.807) is 0 Å². The Kier molecular flexibility index (Phi) is 2.89. The quantitative estimate of drug-likeness (QED) is 0.700. The van der Waals surface area contributed by atoms with E-state index in [0.717, 1.165) is 16.8 Å². The zero-order valence-electron chi connectivity index (χ0n) is 9.96. The lowest BCUT2D eigenvalue weighted by molar-refractivity contribution is 0.620. The number of anilines is 1. The van der Waals surface area contributed by atoms with Gasteiger partial charge in [-0.1, -0.05) is 18.2 Å². The summed E-state index contributed by atoms with van der Waals surface area (Å²) in [6.07, 6.45) is 0. The summed E-state index contributed by atoms with van der Waals surface area (Å²) in [5, 5.41) is 3.09. The number of nitrogens with two attached hydrogens (primary N) is 1. The molecule has 1 aromatic heterocycles. The molecule has 0 amide bonds. The van der Waals surface area contributed by atoms with Crippen molar-refractivity contribution in [3.8, 4) is 11.5 Å². The normalized spacial score (nSPS) is 10.5. The van der Waals surface area contributed by atoms with Crippen molar-refractivity contribution in [2.45, 2.75) is 0 Å². The van der Waals surface area contributed by atoms with E-state index in [1.165, 1.54) is 0 Å². The largest absolute Gasteiger partial charge is 0.436 e. The average molecular weight is 269 g/mol. The second kappa shape index (κ2) is 4.70. The molecule has 0 radical (unpaired) electrons. The number of nitrogens with one attached hydrogen (secondary N) is 1. The number of benzene rings is 2. The van der Waals surface area contributed by atoms with Crippen LogP contribution < -0.4 is 11.1 Å². The number of thiocarbonyl (C=S) groups is 1. The average Bonchev–Trinajstić information content (AvgIpc) is 2.82. The van der Waals surface area contributed by atoms with Gasteiger partial charge >= 0.3 is 0 Å². The minimum absolute atomic E-state index is 0.224. The number of hydrogen-bond acceptors (Lipinski definition) is 3. The highest BCUT2D eigenvalue weighted by atomic mass is 32.1. The van der Waals surface area contributed by atoms with E-state index in [0.29, 0.717) is 11.5 Å². The van der Waals surface area contributed by atoms with E-state index in [-0.39, 0.29) is 5.11 Å². The molecule has 0 unspecified atom stereocenters. The summed E-state index contributed by atoms with van der Waals surface area (Å²) < 4.78 is 5.74. The molecule has 0 aliphatic carbocycles. The van der Waals surface area contributed by atoms with Gasteiger partial charge in [0.1, 0.15) is 5.52 Å². The first-order valence-corrected chi connectivity index (χ1v) is 6.16. The molecule has 3 rings (SSSR count). The number of aromatic nitrogens is 1. The van der Waals surface area contributed by atoms with Crippen LogP contribution in [0.4, 0.5) is 5.69 Å². The van der Waals surface area contributed by atoms with E-state index in [2.05, 4.69) is 10.3 Å². The molecule has 0 atom stereocenters. The Bertz CT molecular complexity index is 737. The predicted octanol–water partition coefficient (Wildman–Crippen LogP) is 3.15. The van der Waals surface area contributed by atoms with Gasteiger partial charge in [0.05, 0.1) is 0 Å². The van der Waals surface area contributed by atoms with Crippen molar-refractivity contribution in [3.05, 3.63) is 48.5 Å². The van der Waals surface area contributed by atoms with Crippen LogP contribution in [-0.4, -0.2) is 10.1 Å². The topological polar surface area (TPSA) is 64.1 Å². The summed E-state index contributed by atoms with van der Waals surface area (Å²) in [4.78, 5) is 4.44. The molecule has 0 aliphatic heterocycles. The van der Waals surface area contributed by atoms with Crippen LogP contribution in [0.5, 0.6) is 0 Å². The number of hydrogen-bond donors (Lipinski definition) is 2. The Balaban J connectivity index is 2.04. The van der Waals surface area contributed by atoms with Gasteiger partial charge < -0.3 is 15.5 Å². The van der Waals surface area contributed by atoms with Crippen molar-refractivity contribution in [2.75, 3.05) is 5.32 Å². The summed E-state index contributed by atoms with van der Waals surface area (Å²) >= 11 is 4.80. The van der Waals surface area contributed by atoms with Crippen LogP contribution in [0, 0.1) is 0 Å². The van der Waals surface area contributed by atoms with Gasteiger partial charge in [0.2, 0.25) is 5.89 Å². The summed E-state index contributed by atoms with van der Waals surface area (Å²) in [5.41, 5.74) is 8.67. The number of rotatable bonds is 2. The number of oxazole rings is 1. The molecule has 0 bridgehead atoms. The van der Waals surface area contributed by atoms with Crippen LogP contribution in [0.1, 0.15) is 0 Å². The van der Waals surface area contributed by atoms with Gasteiger partial charge in [0.15, 0.2) is 10.7 Å². The molecule has 2 aromatic carbocycles. The summed E-state index contributed by atoms with van der Waals surface area (Å²) in [7, 11) is 0. The fourth-order valence-corrected chi connectivity index (χ4v) is 1.97. The molecular formula is C14H11N3OS. The molecule has 94 valence electrons. The fourth-order valence-electron chi connectivity index (χ4n) is 1.85. The maximum Gasteiger partial charge on any atom is 0.227 e. The van der Waals surface area contributed by atoms with Gasteiger partial charge in [0.25, 0.3) is 0 Å². The van der Waals surface area contributed by atoms with Crippen LogP contribution in [0.15, 0.2) is 52.9 Å². The monoisotopic (exact) mass is 269 g/mol. The molecule has 0 saturated heterocycles. The third-order valence-corrected chi connectivity index (χ3v) is 2.78. The van der Waals surface area contributed by atoms with Crippen LogP contribution in [0.25, 0.3) is 22.6 Å². The van der Waals surface area contributed by atoms with Crippen molar-refractivity contribution in [1.29, 1.82) is 0 Å². The molecule has 19 heavy (non-hydrogen) atoms. The van der Waals surface area contributed by atoms with Crippen molar-refractivity contribution in [2.24, 2.45) is 5.73 Å². The lowest BCUT2D eigenvalue weighted by Crippen LogP contribution is -2.18. The maximum atomic E-state index is 5.74. The van der Waals surface area contributed by atoms with E-state index in [9.17, 15) is 0 Å². The first kappa shape index (κ1) is 11.7. The highest BCUT2D eigenvalue weighted by Crippen LogP contribution is 2.25. The first-order chi connectivity index (χ1) is 9.22. The molecule has 3 aromatic rings. The van der Waals surface area contributed by atoms with Gasteiger partial charge in [-0.3, -0.25) is 0 Å². The molecular weight excluding hydrogens is 258 g/mol. The Morgan fingerprint density at radius 2 is 1.95 bits per heavy atom. The smallest absolute Gasteiger partial charge is 0.227 e. The predicted molar refractivity (Wildman–Crippen MR) is 79.9 cm³/mol. The van der Waals surface area contributed by atoms with Crippen molar-refractivity contribution in [3.63, 3.8) is 0 Å². The van der Waals surface area contributed by atoms with E-state index in [1.807, 2.05) is 48.5 Å². The Morgan fingerprint density at radius 3 is 2.68 bits per heavy atom. The molecule has 0 saturated carbocycles. The van der Waals surface area contributed by atoms with Crippen LogP contribution in [-0.2, 0) is 0 Å². The lowest BCUT2D eigenvalue weighted by Gasteiger charge is -2.01. The summed E-state index contributed by atoms with van der Waals surface area (Å²) in [6, 6.07) is 15.3. The highest BCUT2D eigenvalue weighted by Gasteiger charge is 2.08. The van der Waals surface area contributed by atoms with Gasteiger partial charge in [-0.05, 0) is 36.5 Å². The second-order valence-corrected chi connectivity index (χ2v) is 4.50. The van der Waals surface area contributed by atoms with Gasteiger partial charge in [-0.2, -0.15) is 0 Å². The van der Waals surface area contributed by atoms with Gasteiger partial charge in [-0.25, -0.2) is 4.98 Å². The third kappa shape index (κ3) is 2.41. The van der Waals surface area contributed by atoms with Gasteiger partial charge in [-0.15, -0.1) is 0 Å². The van der Waals surface area contributed by atoms with Crippen molar-refractivity contribution in [1.82, 2.24) is 4.98 Å². The number of nitrogens with zero attached hydrogens (tertiary/aromatic N) is 1. The highest BCUT2D eigenvalue weighted by molar-refractivity contribution is 7.80. The Hall–Kier alpha value is -2.40. The van der Waals surface area contributed by atoms with Crippen LogP contribution >= 0.6 is 12.2 Å². The van der Waals surface area contributed by atoms with Crippen molar-refractivity contribution >= 4 is 34.1 Å². The maximum absolute atomic E-state index is 5.74. The molecule has 0 spiro atoms. The third-order valence-electron chi connectivity index (χ3n) is 2.68. The zero-order valence-corrected chi connectivity index (χ0v) is 10.8. The molecule has 1 heterocycles. The molecule has 0 fully saturated rings. The van der Waals surface area contributed by atoms with Crippen molar-refractivity contribution < 1.29 is 4.42 Å². The minimum atomic E-state index is 0.224. The van der Waals surface area contributed by atoms with E-state index in [4.69, 9.17) is 22.4 Å². The van der Waals surface area contributed by atoms with E-state index < -0.39 is 0 Å². The van der Waals surface area contributed by atoms with E-state index >= 15 is 0 Å². The first-order valence-electron chi connectivity index (χ1n) is 5.75. The van der Waals surface area contributed by atoms with Crippen LogP contribution in [0.2, 0.25) is 0 Å².